The summed E-state index contributed by atoms with van der Waals surface area (Å²) < 4.78 is 13.4. The fraction of sp³-hybridized carbons (Fsp3) is 0.444. The summed E-state index contributed by atoms with van der Waals surface area (Å²) in [4.78, 5) is 13.9. The Kier molecular flexibility index (Phi) is 5.55. The van der Waals surface area contributed by atoms with E-state index in [2.05, 4.69) is 10.4 Å². The number of hydrogen-bond donors (Lipinski definition) is 1. The topological polar surface area (TPSA) is 68.6 Å². The third-order valence-electron chi connectivity index (χ3n) is 4.03. The number of nitrogens with zero attached hydrogens (tertiary/aromatic N) is 3. The molecule has 0 fully saturated rings. The van der Waals surface area contributed by atoms with Gasteiger partial charge in [0.05, 0.1) is 25.8 Å². The minimum Gasteiger partial charge on any atom is -0.486 e. The molecule has 1 N–H and O–H groups in total. The highest BCUT2D eigenvalue weighted by Gasteiger charge is 2.23. The number of para-hydroxylation sites is 2. The molecule has 1 aliphatic rings. The van der Waals surface area contributed by atoms with Gasteiger partial charge in [-0.05, 0) is 24.6 Å². The van der Waals surface area contributed by atoms with E-state index < -0.39 is 0 Å². The Morgan fingerprint density at radius 3 is 2.96 bits per heavy atom. The van der Waals surface area contributed by atoms with Crippen LogP contribution in [-0.4, -0.2) is 60.0 Å². The molecule has 1 atom stereocenters. The van der Waals surface area contributed by atoms with E-state index in [0.29, 0.717) is 26.2 Å². The number of benzene rings is 1. The summed E-state index contributed by atoms with van der Waals surface area (Å²) >= 11 is 0. The van der Waals surface area contributed by atoms with Crippen molar-refractivity contribution in [3.63, 3.8) is 0 Å². The lowest BCUT2D eigenvalue weighted by Gasteiger charge is -2.29. The van der Waals surface area contributed by atoms with Crippen LogP contribution in [0.3, 0.4) is 0 Å². The Morgan fingerprint density at radius 1 is 1.40 bits per heavy atom. The summed E-state index contributed by atoms with van der Waals surface area (Å²) in [5, 5.41) is 7.37. The SMILES string of the molecule is Cc1cnn(CCNCC(=O)N(C)C[C@@H]2COc3ccccc3O2)c1. The van der Waals surface area contributed by atoms with Crippen LogP contribution in [0.4, 0.5) is 0 Å². The minimum atomic E-state index is -0.157. The third-order valence-corrected chi connectivity index (χ3v) is 4.03. The minimum absolute atomic E-state index is 0.0269. The van der Waals surface area contributed by atoms with Crippen LogP contribution < -0.4 is 14.8 Å². The molecule has 7 nitrogen and oxygen atoms in total. The van der Waals surface area contributed by atoms with Gasteiger partial charge >= 0.3 is 0 Å². The number of amides is 1. The first-order chi connectivity index (χ1) is 12.1. The van der Waals surface area contributed by atoms with E-state index in [1.165, 1.54) is 0 Å². The largest absolute Gasteiger partial charge is 0.486 e. The molecule has 1 amide bonds. The van der Waals surface area contributed by atoms with Crippen molar-refractivity contribution in [3.05, 3.63) is 42.2 Å². The van der Waals surface area contributed by atoms with Crippen LogP contribution in [0.2, 0.25) is 0 Å². The summed E-state index contributed by atoms with van der Waals surface area (Å²) in [5.74, 6) is 1.51. The smallest absolute Gasteiger partial charge is 0.236 e. The molecule has 0 bridgehead atoms. The van der Waals surface area contributed by atoms with Crippen LogP contribution in [0.5, 0.6) is 11.5 Å². The van der Waals surface area contributed by atoms with Crippen molar-refractivity contribution >= 4 is 5.91 Å². The van der Waals surface area contributed by atoms with E-state index in [4.69, 9.17) is 9.47 Å². The zero-order chi connectivity index (χ0) is 17.6. The maximum absolute atomic E-state index is 12.2. The number of hydrogen-bond acceptors (Lipinski definition) is 5. The van der Waals surface area contributed by atoms with Gasteiger partial charge in [-0.25, -0.2) is 0 Å². The van der Waals surface area contributed by atoms with Crippen molar-refractivity contribution in [2.45, 2.75) is 19.6 Å². The Morgan fingerprint density at radius 2 is 2.20 bits per heavy atom. The van der Waals surface area contributed by atoms with Crippen molar-refractivity contribution in [2.75, 3.05) is 33.3 Å². The second-order valence-corrected chi connectivity index (χ2v) is 6.23. The van der Waals surface area contributed by atoms with Gasteiger partial charge in [-0.1, -0.05) is 12.1 Å². The van der Waals surface area contributed by atoms with E-state index in [1.54, 1.807) is 11.9 Å². The number of rotatable bonds is 7. The quantitative estimate of drug-likeness (QED) is 0.761. The number of nitrogens with one attached hydrogen (secondary N) is 1. The summed E-state index contributed by atoms with van der Waals surface area (Å²) in [6.07, 6.45) is 3.65. The van der Waals surface area contributed by atoms with Gasteiger partial charge in [0.1, 0.15) is 6.61 Å². The van der Waals surface area contributed by atoms with E-state index >= 15 is 0 Å². The van der Waals surface area contributed by atoms with Crippen molar-refractivity contribution in [2.24, 2.45) is 0 Å². The molecule has 0 saturated carbocycles. The third kappa shape index (κ3) is 4.73. The van der Waals surface area contributed by atoms with Crippen molar-refractivity contribution in [3.8, 4) is 11.5 Å². The van der Waals surface area contributed by atoms with Crippen molar-refractivity contribution in [1.29, 1.82) is 0 Å². The van der Waals surface area contributed by atoms with Crippen molar-refractivity contribution < 1.29 is 14.3 Å². The first-order valence-electron chi connectivity index (χ1n) is 8.44. The highest BCUT2D eigenvalue weighted by atomic mass is 16.6. The molecular weight excluding hydrogens is 320 g/mol. The Bertz CT molecular complexity index is 716. The molecule has 0 saturated heterocycles. The van der Waals surface area contributed by atoms with Crippen molar-refractivity contribution in [1.82, 2.24) is 20.0 Å². The van der Waals surface area contributed by atoms with Gasteiger partial charge in [0.25, 0.3) is 0 Å². The maximum Gasteiger partial charge on any atom is 0.236 e. The Hall–Kier alpha value is -2.54. The molecule has 1 aromatic carbocycles. The lowest BCUT2D eigenvalue weighted by molar-refractivity contribution is -0.130. The van der Waals surface area contributed by atoms with Gasteiger partial charge in [0, 0.05) is 19.8 Å². The fourth-order valence-electron chi connectivity index (χ4n) is 2.67. The predicted octanol–water partition coefficient (Wildman–Crippen LogP) is 1.08. The van der Waals surface area contributed by atoms with Gasteiger partial charge in [-0.3, -0.25) is 9.48 Å². The number of carbonyl (C=O) groups is 1. The average Bonchev–Trinajstić information content (AvgIpc) is 3.03. The molecule has 7 heteroatoms. The second-order valence-electron chi connectivity index (χ2n) is 6.23. The average molecular weight is 344 g/mol. The first kappa shape index (κ1) is 17.3. The number of aromatic nitrogens is 2. The lowest BCUT2D eigenvalue weighted by Crippen LogP contribution is -2.44. The van der Waals surface area contributed by atoms with Gasteiger partial charge in [-0.15, -0.1) is 0 Å². The summed E-state index contributed by atoms with van der Waals surface area (Å²) in [7, 11) is 1.78. The van der Waals surface area contributed by atoms with Gasteiger partial charge in [-0.2, -0.15) is 5.10 Å². The predicted molar refractivity (Wildman–Crippen MR) is 93.8 cm³/mol. The van der Waals surface area contributed by atoms with E-state index in [-0.39, 0.29) is 12.0 Å². The Balaban J connectivity index is 1.38. The summed E-state index contributed by atoms with van der Waals surface area (Å²) in [5.41, 5.74) is 1.13. The molecular formula is C18H24N4O3. The first-order valence-corrected chi connectivity index (χ1v) is 8.44. The molecule has 25 heavy (non-hydrogen) atoms. The molecule has 0 radical (unpaired) electrons. The lowest BCUT2D eigenvalue weighted by atomic mass is 10.2. The summed E-state index contributed by atoms with van der Waals surface area (Å²) in [6, 6.07) is 7.58. The van der Waals surface area contributed by atoms with Gasteiger partial charge in [0.15, 0.2) is 17.6 Å². The van der Waals surface area contributed by atoms with E-state index in [1.807, 2.05) is 48.3 Å². The number of ether oxygens (including phenoxy) is 2. The van der Waals surface area contributed by atoms with Crippen LogP contribution in [0.25, 0.3) is 0 Å². The van der Waals surface area contributed by atoms with Crippen LogP contribution in [0.15, 0.2) is 36.7 Å². The second kappa shape index (κ2) is 8.02. The number of fused-ring (bicyclic) bond motifs is 1. The van der Waals surface area contributed by atoms with Crippen LogP contribution in [0.1, 0.15) is 5.56 Å². The van der Waals surface area contributed by atoms with Gasteiger partial charge in [0.2, 0.25) is 5.91 Å². The monoisotopic (exact) mass is 344 g/mol. The normalized spacial score (nSPS) is 15.8. The van der Waals surface area contributed by atoms with Crippen LogP contribution in [-0.2, 0) is 11.3 Å². The highest BCUT2D eigenvalue weighted by Crippen LogP contribution is 2.30. The molecule has 3 rings (SSSR count). The molecule has 0 spiro atoms. The zero-order valence-electron chi connectivity index (χ0n) is 14.6. The number of aryl methyl sites for hydroxylation is 1. The van der Waals surface area contributed by atoms with E-state index in [9.17, 15) is 4.79 Å². The Labute approximate surface area is 147 Å². The summed E-state index contributed by atoms with van der Waals surface area (Å²) in [6.45, 7) is 4.66. The van der Waals surface area contributed by atoms with Crippen LogP contribution >= 0.6 is 0 Å². The number of carbonyl (C=O) groups excluding carboxylic acids is 1. The fourth-order valence-corrected chi connectivity index (χ4v) is 2.67. The zero-order valence-corrected chi connectivity index (χ0v) is 14.6. The maximum atomic E-state index is 12.2. The van der Waals surface area contributed by atoms with Gasteiger partial charge < -0.3 is 19.7 Å². The molecule has 0 aliphatic carbocycles. The molecule has 2 heterocycles. The molecule has 1 aromatic heterocycles. The molecule has 134 valence electrons. The standard InChI is InChI=1S/C18H24N4O3/c1-14-9-20-22(11-14)8-7-19-10-18(23)21(2)12-15-13-24-16-5-3-4-6-17(16)25-15/h3-6,9,11,15,19H,7-8,10,12-13H2,1-2H3/t15-/m1/s1. The molecule has 1 aliphatic heterocycles. The van der Waals surface area contributed by atoms with Crippen LogP contribution in [0, 0.1) is 6.92 Å². The van der Waals surface area contributed by atoms with E-state index in [0.717, 1.165) is 23.6 Å². The molecule has 0 unspecified atom stereocenters. The number of likely N-dealkylation sites (N-methyl/N-ethyl adjacent to an activating group) is 1. The highest BCUT2D eigenvalue weighted by molar-refractivity contribution is 5.78. The molecule has 2 aromatic rings.